The molecule has 15 heavy (non-hydrogen) atoms. The maximum absolute atomic E-state index is 11.7. The van der Waals surface area contributed by atoms with Crippen LogP contribution in [0.3, 0.4) is 0 Å². The van der Waals surface area contributed by atoms with Crippen molar-refractivity contribution < 1.29 is 4.79 Å². The van der Waals surface area contributed by atoms with Crippen LogP contribution in [0.2, 0.25) is 0 Å². The van der Waals surface area contributed by atoms with E-state index >= 15 is 0 Å². The Morgan fingerprint density at radius 1 is 1.13 bits per heavy atom. The molecule has 1 amide bonds. The summed E-state index contributed by atoms with van der Waals surface area (Å²) in [6.07, 6.45) is 5.42. The van der Waals surface area contributed by atoms with E-state index < -0.39 is 0 Å². The summed E-state index contributed by atoms with van der Waals surface area (Å²) < 4.78 is 0. The molecule has 0 atom stereocenters. The first-order chi connectivity index (χ1) is 7.14. The molecular weight excluding hydrogens is 210 g/mol. The van der Waals surface area contributed by atoms with Crippen LogP contribution in [-0.4, -0.2) is 17.3 Å². The Kier molecular flexibility index (Phi) is 7.85. The highest BCUT2D eigenvalue weighted by molar-refractivity contribution is 6.17. The zero-order valence-electron chi connectivity index (χ0n) is 10.2. The Morgan fingerprint density at radius 3 is 2.07 bits per heavy atom. The molecule has 0 heterocycles. The molecule has 0 radical (unpaired) electrons. The van der Waals surface area contributed by atoms with Gasteiger partial charge in [-0.25, -0.2) is 0 Å². The van der Waals surface area contributed by atoms with Crippen molar-refractivity contribution in [1.82, 2.24) is 5.32 Å². The van der Waals surface area contributed by atoms with Crippen LogP contribution in [0.5, 0.6) is 0 Å². The van der Waals surface area contributed by atoms with E-state index in [0.717, 1.165) is 32.1 Å². The second kappa shape index (κ2) is 7.98. The zero-order valence-corrected chi connectivity index (χ0v) is 11.0. The molecule has 0 rings (SSSR count). The first-order valence-electron chi connectivity index (χ1n) is 6.01. The Labute approximate surface area is 98.8 Å². The zero-order chi connectivity index (χ0) is 11.7. The van der Waals surface area contributed by atoms with E-state index in [-0.39, 0.29) is 11.4 Å². The van der Waals surface area contributed by atoms with Gasteiger partial charge in [0.05, 0.1) is 0 Å². The highest BCUT2D eigenvalue weighted by Crippen LogP contribution is 2.19. The highest BCUT2D eigenvalue weighted by Gasteiger charge is 2.25. The van der Waals surface area contributed by atoms with Gasteiger partial charge in [0, 0.05) is 17.8 Å². The van der Waals surface area contributed by atoms with Crippen LogP contribution in [0.25, 0.3) is 0 Å². The number of alkyl halides is 1. The Balaban J connectivity index is 4.00. The number of hydrogen-bond donors (Lipinski definition) is 1. The van der Waals surface area contributed by atoms with E-state index in [4.69, 9.17) is 11.6 Å². The van der Waals surface area contributed by atoms with E-state index in [9.17, 15) is 4.79 Å². The number of halogens is 1. The summed E-state index contributed by atoms with van der Waals surface area (Å²) >= 11 is 5.57. The van der Waals surface area contributed by atoms with Gasteiger partial charge in [-0.05, 0) is 32.1 Å². The van der Waals surface area contributed by atoms with Crippen molar-refractivity contribution in [1.29, 1.82) is 0 Å². The summed E-state index contributed by atoms with van der Waals surface area (Å²) in [6, 6.07) is 0. The monoisotopic (exact) mass is 233 g/mol. The topological polar surface area (TPSA) is 29.1 Å². The minimum Gasteiger partial charge on any atom is -0.351 e. The molecular formula is C12H24ClNO. The molecule has 3 heteroatoms. The highest BCUT2D eigenvalue weighted by atomic mass is 35.5. The molecule has 0 spiro atoms. The largest absolute Gasteiger partial charge is 0.351 e. The summed E-state index contributed by atoms with van der Waals surface area (Å²) in [6.45, 7) is 6.39. The van der Waals surface area contributed by atoms with Gasteiger partial charge in [0.25, 0.3) is 0 Å². The Morgan fingerprint density at radius 2 is 1.67 bits per heavy atom. The van der Waals surface area contributed by atoms with Gasteiger partial charge in [0.1, 0.15) is 0 Å². The lowest BCUT2D eigenvalue weighted by atomic mass is 9.89. The number of hydrogen-bond acceptors (Lipinski definition) is 1. The first kappa shape index (κ1) is 14.8. The molecule has 0 aromatic carbocycles. The molecule has 0 aliphatic heterocycles. The van der Waals surface area contributed by atoms with Gasteiger partial charge in [0.2, 0.25) is 5.91 Å². The molecule has 0 bridgehead atoms. The van der Waals surface area contributed by atoms with E-state index in [1.54, 1.807) is 0 Å². The van der Waals surface area contributed by atoms with Crippen molar-refractivity contribution in [2.24, 2.45) is 0 Å². The Bertz CT molecular complexity index is 170. The predicted octanol–water partition coefficient (Wildman–Crippen LogP) is 3.48. The molecule has 0 aromatic rings. The van der Waals surface area contributed by atoms with E-state index in [1.807, 2.05) is 0 Å². The minimum atomic E-state index is 0.0120. The van der Waals surface area contributed by atoms with Crippen LogP contribution >= 0.6 is 11.6 Å². The molecule has 2 nitrogen and oxygen atoms in total. The van der Waals surface area contributed by atoms with Crippen molar-refractivity contribution in [2.45, 2.75) is 64.8 Å². The van der Waals surface area contributed by atoms with Crippen molar-refractivity contribution in [2.75, 3.05) is 5.88 Å². The number of amides is 1. The molecule has 0 unspecified atom stereocenters. The van der Waals surface area contributed by atoms with Gasteiger partial charge in [-0.3, -0.25) is 4.79 Å². The van der Waals surface area contributed by atoms with Crippen LogP contribution in [0, 0.1) is 0 Å². The molecule has 0 fully saturated rings. The van der Waals surface area contributed by atoms with Gasteiger partial charge in [-0.1, -0.05) is 20.8 Å². The van der Waals surface area contributed by atoms with Gasteiger partial charge in [0.15, 0.2) is 0 Å². The van der Waals surface area contributed by atoms with Crippen molar-refractivity contribution in [3.8, 4) is 0 Å². The summed E-state index contributed by atoms with van der Waals surface area (Å²) in [5.74, 6) is 0.818. The molecule has 0 aliphatic rings. The van der Waals surface area contributed by atoms with Gasteiger partial charge < -0.3 is 5.32 Å². The fraction of sp³-hybridized carbons (Fsp3) is 0.917. The maximum Gasteiger partial charge on any atom is 0.220 e. The second-order valence-electron chi connectivity index (χ2n) is 4.04. The number of carbonyl (C=O) groups excluding carboxylic acids is 1. The van der Waals surface area contributed by atoms with Crippen molar-refractivity contribution in [3.05, 3.63) is 0 Å². The third-order valence-corrected chi connectivity index (χ3v) is 3.49. The summed E-state index contributed by atoms with van der Waals surface area (Å²) in [4.78, 5) is 11.7. The van der Waals surface area contributed by atoms with Gasteiger partial charge in [-0.2, -0.15) is 0 Å². The third-order valence-electron chi connectivity index (χ3n) is 3.22. The van der Waals surface area contributed by atoms with Crippen LogP contribution in [0.4, 0.5) is 0 Å². The number of rotatable bonds is 8. The van der Waals surface area contributed by atoms with Gasteiger partial charge in [-0.15, -0.1) is 11.6 Å². The summed E-state index contributed by atoms with van der Waals surface area (Å²) in [7, 11) is 0. The normalized spacial score (nSPS) is 11.5. The van der Waals surface area contributed by atoms with Crippen LogP contribution in [0.15, 0.2) is 0 Å². The molecule has 0 aromatic heterocycles. The van der Waals surface area contributed by atoms with Crippen LogP contribution < -0.4 is 5.32 Å². The molecule has 1 N–H and O–H groups in total. The smallest absolute Gasteiger partial charge is 0.220 e. The predicted molar refractivity (Wildman–Crippen MR) is 66.3 cm³/mol. The minimum absolute atomic E-state index is 0.0120. The summed E-state index contributed by atoms with van der Waals surface area (Å²) in [5, 5.41) is 3.16. The quantitative estimate of drug-likeness (QED) is 0.505. The molecule has 90 valence electrons. The third kappa shape index (κ3) is 5.41. The lowest BCUT2D eigenvalue weighted by Gasteiger charge is -2.31. The number of unbranched alkanes of at least 4 members (excludes halogenated alkanes) is 1. The first-order valence-corrected chi connectivity index (χ1v) is 6.54. The standard InChI is InChI=1S/C12H24ClNO/c1-4-12(5-2,6-3)14-11(15)9-7-8-10-13/h4-10H2,1-3H3,(H,14,15). The van der Waals surface area contributed by atoms with Gasteiger partial charge >= 0.3 is 0 Å². The lowest BCUT2D eigenvalue weighted by Crippen LogP contribution is -2.47. The van der Waals surface area contributed by atoms with E-state index in [2.05, 4.69) is 26.1 Å². The van der Waals surface area contributed by atoms with E-state index in [1.165, 1.54) is 0 Å². The number of nitrogens with one attached hydrogen (secondary N) is 1. The SMILES string of the molecule is CCC(CC)(CC)NC(=O)CCCCCl. The van der Waals surface area contributed by atoms with Crippen molar-refractivity contribution >= 4 is 17.5 Å². The Hall–Kier alpha value is -0.240. The average molecular weight is 234 g/mol. The van der Waals surface area contributed by atoms with E-state index in [0.29, 0.717) is 12.3 Å². The summed E-state index contributed by atoms with van der Waals surface area (Å²) in [5.41, 5.74) is 0.0120. The van der Waals surface area contributed by atoms with Crippen LogP contribution in [-0.2, 0) is 4.79 Å². The fourth-order valence-corrected chi connectivity index (χ4v) is 1.94. The van der Waals surface area contributed by atoms with Crippen molar-refractivity contribution in [3.63, 3.8) is 0 Å². The molecule has 0 saturated heterocycles. The molecule has 0 saturated carbocycles. The average Bonchev–Trinajstić information content (AvgIpc) is 2.26. The fourth-order valence-electron chi connectivity index (χ4n) is 1.75. The maximum atomic E-state index is 11.7. The second-order valence-corrected chi connectivity index (χ2v) is 4.41. The molecule has 0 aliphatic carbocycles. The lowest BCUT2D eigenvalue weighted by molar-refractivity contribution is -0.123. The number of carbonyl (C=O) groups is 1. The van der Waals surface area contributed by atoms with Crippen LogP contribution in [0.1, 0.15) is 59.3 Å².